The van der Waals surface area contributed by atoms with Crippen molar-refractivity contribution in [3.05, 3.63) is 42.5 Å². The van der Waals surface area contributed by atoms with Crippen molar-refractivity contribution in [2.45, 2.75) is 6.05 Å². The van der Waals surface area contributed by atoms with E-state index in [2.05, 4.69) is 0 Å². The van der Waals surface area contributed by atoms with E-state index in [1.54, 1.807) is 6.07 Å². The number of hydrogen-bond donors (Lipinski definition) is 0. The zero-order valence-electron chi connectivity index (χ0n) is 7.37. The van der Waals surface area contributed by atoms with E-state index in [4.69, 9.17) is 0 Å². The molecule has 2 rings (SSSR count). The van der Waals surface area contributed by atoms with E-state index in [9.17, 15) is 8.78 Å². The summed E-state index contributed by atoms with van der Waals surface area (Å²) in [6, 6.07) is 10.9. The van der Waals surface area contributed by atoms with Gasteiger partial charge in [0.15, 0.2) is 9.52 Å². The Bertz CT molecular complexity index is 435. The molecule has 0 unspecified atom stereocenters. The summed E-state index contributed by atoms with van der Waals surface area (Å²) in [5, 5.41) is 2.71. The molecule has 14 heavy (non-hydrogen) atoms. The van der Waals surface area contributed by atoms with E-state index in [0.29, 0.717) is 0 Å². The molecule has 0 aromatic heterocycles. The highest BCUT2D eigenvalue weighted by atomic mass is 28.2. The van der Waals surface area contributed by atoms with Gasteiger partial charge in [-0.05, 0) is 16.0 Å². The molecule has 0 amide bonds. The Labute approximate surface area is 83.4 Å². The third kappa shape index (κ3) is 1.82. The van der Waals surface area contributed by atoms with Gasteiger partial charge in [-0.25, -0.2) is 8.78 Å². The first-order valence-corrected chi connectivity index (χ1v) is 5.37. The fraction of sp³-hybridized carbons (Fsp3) is 0.0909. The summed E-state index contributed by atoms with van der Waals surface area (Å²) in [5.41, 5.74) is 0. The van der Waals surface area contributed by atoms with Gasteiger partial charge in [-0.3, -0.25) is 0 Å². The summed E-state index contributed by atoms with van der Waals surface area (Å²) in [4.78, 5) is 0. The second-order valence-electron chi connectivity index (χ2n) is 2.97. The van der Waals surface area contributed by atoms with Crippen LogP contribution in [-0.2, 0) is 0 Å². The van der Waals surface area contributed by atoms with Gasteiger partial charge in [0.25, 0.3) is 0 Å². The summed E-state index contributed by atoms with van der Waals surface area (Å²) in [5.74, 6) is 0. The third-order valence-electron chi connectivity index (χ3n) is 2.05. The van der Waals surface area contributed by atoms with Gasteiger partial charge in [0.05, 0.1) is 0 Å². The number of rotatable bonds is 2. The van der Waals surface area contributed by atoms with Crippen molar-refractivity contribution in [2.75, 3.05) is 0 Å². The van der Waals surface area contributed by atoms with Crippen LogP contribution in [0.25, 0.3) is 10.8 Å². The van der Waals surface area contributed by atoms with Crippen molar-refractivity contribution in [3.8, 4) is 0 Å². The Hall–Kier alpha value is -1.22. The average Bonchev–Trinajstić information content (AvgIpc) is 2.18. The smallest absolute Gasteiger partial charge is 0.216 e. The molecule has 2 aromatic rings. The van der Waals surface area contributed by atoms with Gasteiger partial charge in [-0.1, -0.05) is 42.5 Å². The van der Waals surface area contributed by atoms with Crippen molar-refractivity contribution in [1.82, 2.24) is 0 Å². The summed E-state index contributed by atoms with van der Waals surface area (Å²) >= 11 is 0. The van der Waals surface area contributed by atoms with Gasteiger partial charge in [-0.2, -0.15) is 0 Å². The number of fused-ring (bicyclic) bond motifs is 1. The molecule has 70 valence electrons. The maximum Gasteiger partial charge on any atom is 0.222 e. The van der Waals surface area contributed by atoms with E-state index < -0.39 is 15.6 Å². The van der Waals surface area contributed by atoms with Crippen molar-refractivity contribution < 1.29 is 8.78 Å². The molecule has 0 spiro atoms. The van der Waals surface area contributed by atoms with E-state index >= 15 is 0 Å². The van der Waals surface area contributed by atoms with E-state index in [1.165, 1.54) is 0 Å². The summed E-state index contributed by atoms with van der Waals surface area (Å²) in [7, 11) is -0.419. The minimum atomic E-state index is -2.25. The standard InChI is InChI=1S/C11H8F2Si/c12-11(13)14-10-7-3-5-8-4-1-2-6-9(8)10/h1-7,11H. The fourth-order valence-corrected chi connectivity index (χ4v) is 2.28. The average molecular weight is 206 g/mol. The number of halogens is 2. The molecule has 2 aromatic carbocycles. The lowest BCUT2D eigenvalue weighted by molar-refractivity contribution is 0.240. The fourth-order valence-electron chi connectivity index (χ4n) is 1.47. The Morgan fingerprint density at radius 2 is 1.64 bits per heavy atom. The van der Waals surface area contributed by atoms with Gasteiger partial charge in [0.2, 0.25) is 6.05 Å². The molecule has 0 aliphatic rings. The lowest BCUT2D eigenvalue weighted by atomic mass is 10.1. The molecule has 2 radical (unpaired) electrons. The molecule has 0 saturated carbocycles. The summed E-state index contributed by atoms with van der Waals surface area (Å²) in [6.45, 7) is 0. The molecular weight excluding hydrogens is 198 g/mol. The van der Waals surface area contributed by atoms with Crippen molar-refractivity contribution in [2.24, 2.45) is 0 Å². The molecule has 0 N–H and O–H groups in total. The van der Waals surface area contributed by atoms with Crippen LogP contribution in [0.2, 0.25) is 0 Å². The van der Waals surface area contributed by atoms with Gasteiger partial charge < -0.3 is 0 Å². The minimum absolute atomic E-state index is 0.419. The van der Waals surface area contributed by atoms with E-state index in [0.717, 1.165) is 16.0 Å². The molecule has 0 atom stereocenters. The van der Waals surface area contributed by atoms with Crippen molar-refractivity contribution >= 4 is 25.5 Å². The highest BCUT2D eigenvalue weighted by molar-refractivity contribution is 6.57. The van der Waals surface area contributed by atoms with Gasteiger partial charge in [-0.15, -0.1) is 0 Å². The number of hydrogen-bond acceptors (Lipinski definition) is 0. The molecule has 0 saturated heterocycles. The molecular formula is C11H8F2Si. The molecule has 0 fully saturated rings. The molecule has 0 aliphatic carbocycles. The van der Waals surface area contributed by atoms with Crippen molar-refractivity contribution in [3.63, 3.8) is 0 Å². The SMILES string of the molecule is FC(F)[Si]c1cccc2ccccc12. The monoisotopic (exact) mass is 206 g/mol. The van der Waals surface area contributed by atoms with Crippen LogP contribution in [0.5, 0.6) is 0 Å². The zero-order valence-corrected chi connectivity index (χ0v) is 8.37. The highest BCUT2D eigenvalue weighted by Crippen LogP contribution is 2.10. The quantitative estimate of drug-likeness (QED) is 0.662. The Morgan fingerprint density at radius 3 is 2.43 bits per heavy atom. The van der Waals surface area contributed by atoms with Gasteiger partial charge >= 0.3 is 0 Å². The predicted molar refractivity (Wildman–Crippen MR) is 55.3 cm³/mol. The first-order valence-electron chi connectivity index (χ1n) is 4.30. The normalized spacial score (nSPS) is 11.1. The third-order valence-corrected chi connectivity index (χ3v) is 3.02. The molecule has 0 nitrogen and oxygen atoms in total. The number of alkyl halides is 2. The Morgan fingerprint density at radius 1 is 0.929 bits per heavy atom. The second kappa shape index (κ2) is 3.88. The second-order valence-corrected chi connectivity index (χ2v) is 4.24. The lowest BCUT2D eigenvalue weighted by Crippen LogP contribution is -2.22. The van der Waals surface area contributed by atoms with Gasteiger partial charge in [0.1, 0.15) is 0 Å². The molecule has 0 bridgehead atoms. The van der Waals surface area contributed by atoms with Crippen LogP contribution in [0.4, 0.5) is 8.78 Å². The van der Waals surface area contributed by atoms with Crippen LogP contribution in [0.1, 0.15) is 0 Å². The maximum atomic E-state index is 12.3. The summed E-state index contributed by atoms with van der Waals surface area (Å²) in [6.07, 6.45) is 0. The summed E-state index contributed by atoms with van der Waals surface area (Å²) < 4.78 is 24.5. The topological polar surface area (TPSA) is 0 Å². The Kier molecular flexibility index (Phi) is 2.59. The van der Waals surface area contributed by atoms with Crippen LogP contribution < -0.4 is 5.19 Å². The van der Waals surface area contributed by atoms with Crippen molar-refractivity contribution in [1.29, 1.82) is 0 Å². The maximum absolute atomic E-state index is 12.3. The predicted octanol–water partition coefficient (Wildman–Crippen LogP) is 2.39. The van der Waals surface area contributed by atoms with Crippen LogP contribution >= 0.6 is 0 Å². The first-order chi connectivity index (χ1) is 6.77. The van der Waals surface area contributed by atoms with Crippen LogP contribution in [0, 0.1) is 0 Å². The van der Waals surface area contributed by atoms with Crippen LogP contribution in [0.15, 0.2) is 42.5 Å². The van der Waals surface area contributed by atoms with Crippen LogP contribution in [0.3, 0.4) is 0 Å². The van der Waals surface area contributed by atoms with Gasteiger partial charge in [0, 0.05) is 0 Å². The largest absolute Gasteiger partial charge is 0.222 e. The zero-order chi connectivity index (χ0) is 9.97. The highest BCUT2D eigenvalue weighted by Gasteiger charge is 2.08. The Balaban J connectivity index is 2.53. The number of benzene rings is 2. The van der Waals surface area contributed by atoms with E-state index in [-0.39, 0.29) is 0 Å². The van der Waals surface area contributed by atoms with E-state index in [1.807, 2.05) is 36.4 Å². The first kappa shape index (κ1) is 9.34. The molecule has 0 heterocycles. The lowest BCUT2D eigenvalue weighted by Gasteiger charge is -2.04. The molecule has 3 heteroatoms. The molecule has 0 aliphatic heterocycles. The van der Waals surface area contributed by atoms with Crippen LogP contribution in [-0.4, -0.2) is 15.6 Å². The minimum Gasteiger partial charge on any atom is -0.216 e.